The van der Waals surface area contributed by atoms with Crippen LogP contribution < -0.4 is 10.6 Å². The molecule has 1 fully saturated rings. The summed E-state index contributed by atoms with van der Waals surface area (Å²) in [5, 5.41) is 6.80. The maximum absolute atomic E-state index is 4.28. The fourth-order valence-corrected chi connectivity index (χ4v) is 3.65. The van der Waals surface area contributed by atoms with Crippen molar-refractivity contribution in [1.29, 1.82) is 0 Å². The van der Waals surface area contributed by atoms with Crippen molar-refractivity contribution in [2.75, 3.05) is 25.9 Å². The van der Waals surface area contributed by atoms with Crippen LogP contribution in [0.4, 0.5) is 0 Å². The van der Waals surface area contributed by atoms with Crippen LogP contribution in [0.15, 0.2) is 17.4 Å². The van der Waals surface area contributed by atoms with Crippen LogP contribution in [-0.4, -0.2) is 46.1 Å². The minimum atomic E-state index is 0. The largest absolute Gasteiger partial charge is 0.355 e. The zero-order valence-corrected chi connectivity index (χ0v) is 16.2. The first kappa shape index (κ1) is 18.6. The number of nitrogens with one attached hydrogen (secondary N) is 2. The highest BCUT2D eigenvalue weighted by Crippen LogP contribution is 2.36. The van der Waals surface area contributed by atoms with E-state index in [9.17, 15) is 0 Å². The van der Waals surface area contributed by atoms with Gasteiger partial charge in [0, 0.05) is 43.8 Å². The van der Waals surface area contributed by atoms with E-state index in [0.29, 0.717) is 4.75 Å². The minimum Gasteiger partial charge on any atom is -0.355 e. The van der Waals surface area contributed by atoms with Crippen LogP contribution in [0.1, 0.15) is 25.6 Å². The summed E-state index contributed by atoms with van der Waals surface area (Å²) in [4.78, 5) is 8.50. The second-order valence-electron chi connectivity index (χ2n) is 5.42. The molecular formula is C14H26IN5S. The first-order valence-corrected chi connectivity index (χ1v) is 8.18. The Morgan fingerprint density at radius 2 is 2.33 bits per heavy atom. The van der Waals surface area contributed by atoms with E-state index in [1.54, 1.807) is 0 Å². The smallest absolute Gasteiger partial charge is 0.191 e. The molecule has 0 bridgehead atoms. The molecule has 0 radical (unpaired) electrons. The standard InChI is InChI=1S/C14H25N5S.HI/c1-12-16-6-8-19(12)9-7-17-13(15-3)18-11-14(2)5-4-10-20-14;/h6,8H,4-5,7,9-11H2,1-3H3,(H2,15,17,18);1H. The Kier molecular flexibility index (Phi) is 7.86. The van der Waals surface area contributed by atoms with Crippen molar-refractivity contribution in [2.45, 2.75) is 38.0 Å². The number of hydrogen-bond acceptors (Lipinski definition) is 3. The summed E-state index contributed by atoms with van der Waals surface area (Å²) in [7, 11) is 1.82. The molecule has 1 aliphatic rings. The van der Waals surface area contributed by atoms with E-state index in [1.807, 2.05) is 26.4 Å². The molecule has 120 valence electrons. The predicted molar refractivity (Wildman–Crippen MR) is 102 cm³/mol. The molecule has 0 amide bonds. The van der Waals surface area contributed by atoms with Crippen LogP contribution in [-0.2, 0) is 6.54 Å². The molecule has 0 aromatic carbocycles. The molecule has 2 rings (SSSR count). The number of aryl methyl sites for hydroxylation is 1. The van der Waals surface area contributed by atoms with E-state index in [0.717, 1.165) is 31.4 Å². The van der Waals surface area contributed by atoms with Gasteiger partial charge in [-0.25, -0.2) is 4.98 Å². The second kappa shape index (κ2) is 8.87. The summed E-state index contributed by atoms with van der Waals surface area (Å²) < 4.78 is 2.49. The first-order chi connectivity index (χ1) is 9.63. The summed E-state index contributed by atoms with van der Waals surface area (Å²) in [5.74, 6) is 3.21. The summed E-state index contributed by atoms with van der Waals surface area (Å²) in [6, 6.07) is 0. The van der Waals surface area contributed by atoms with Gasteiger partial charge in [0.15, 0.2) is 5.96 Å². The predicted octanol–water partition coefficient (Wildman–Crippen LogP) is 2.26. The third-order valence-electron chi connectivity index (χ3n) is 3.72. The molecule has 7 heteroatoms. The Hall–Kier alpha value is -0.440. The van der Waals surface area contributed by atoms with Gasteiger partial charge in [0.2, 0.25) is 0 Å². The van der Waals surface area contributed by atoms with Crippen molar-refractivity contribution in [3.05, 3.63) is 18.2 Å². The topological polar surface area (TPSA) is 54.2 Å². The van der Waals surface area contributed by atoms with Crippen LogP contribution in [0.2, 0.25) is 0 Å². The van der Waals surface area contributed by atoms with E-state index >= 15 is 0 Å². The lowest BCUT2D eigenvalue weighted by Crippen LogP contribution is -2.44. The number of hydrogen-bond donors (Lipinski definition) is 2. The van der Waals surface area contributed by atoms with Crippen molar-refractivity contribution in [2.24, 2.45) is 4.99 Å². The number of guanidine groups is 1. The first-order valence-electron chi connectivity index (χ1n) is 7.19. The maximum Gasteiger partial charge on any atom is 0.191 e. The van der Waals surface area contributed by atoms with E-state index in [-0.39, 0.29) is 24.0 Å². The van der Waals surface area contributed by atoms with Gasteiger partial charge in [0.25, 0.3) is 0 Å². The van der Waals surface area contributed by atoms with Crippen molar-refractivity contribution in [3.8, 4) is 0 Å². The SMILES string of the molecule is CN=C(NCCn1ccnc1C)NCC1(C)CCCS1.I. The molecule has 1 aromatic heterocycles. The number of nitrogens with zero attached hydrogens (tertiary/aromatic N) is 3. The normalized spacial score (nSPS) is 22.0. The number of halogens is 1. The molecule has 1 unspecified atom stereocenters. The molecule has 5 nitrogen and oxygen atoms in total. The van der Waals surface area contributed by atoms with Gasteiger partial charge in [-0.1, -0.05) is 0 Å². The quantitative estimate of drug-likeness (QED) is 0.434. The fourth-order valence-electron chi connectivity index (χ4n) is 2.40. The van der Waals surface area contributed by atoms with Crippen LogP contribution >= 0.6 is 35.7 Å². The zero-order chi connectivity index (χ0) is 14.4. The van der Waals surface area contributed by atoms with Gasteiger partial charge < -0.3 is 15.2 Å². The third-order valence-corrected chi connectivity index (χ3v) is 5.26. The average Bonchev–Trinajstić information content (AvgIpc) is 3.04. The molecule has 2 N–H and O–H groups in total. The van der Waals surface area contributed by atoms with E-state index < -0.39 is 0 Å². The number of rotatable bonds is 5. The summed E-state index contributed by atoms with van der Waals surface area (Å²) in [5.41, 5.74) is 0. The summed E-state index contributed by atoms with van der Waals surface area (Å²) >= 11 is 2.06. The summed E-state index contributed by atoms with van der Waals surface area (Å²) in [6.07, 6.45) is 6.45. The van der Waals surface area contributed by atoms with E-state index in [1.165, 1.54) is 18.6 Å². The number of imidazole rings is 1. The van der Waals surface area contributed by atoms with Crippen molar-refractivity contribution >= 4 is 41.7 Å². The molecule has 0 spiro atoms. The Morgan fingerprint density at radius 1 is 1.52 bits per heavy atom. The van der Waals surface area contributed by atoms with E-state index in [4.69, 9.17) is 0 Å². The Balaban J connectivity index is 0.00000220. The Morgan fingerprint density at radius 3 is 2.90 bits per heavy atom. The molecule has 0 aliphatic carbocycles. The van der Waals surface area contributed by atoms with Gasteiger partial charge in [-0.05, 0) is 32.4 Å². The molecule has 1 aliphatic heterocycles. The van der Waals surface area contributed by atoms with Gasteiger partial charge in [-0.3, -0.25) is 4.99 Å². The Bertz CT molecular complexity index is 454. The van der Waals surface area contributed by atoms with Crippen LogP contribution in [0.25, 0.3) is 0 Å². The molecule has 2 heterocycles. The van der Waals surface area contributed by atoms with Crippen molar-refractivity contribution in [3.63, 3.8) is 0 Å². The highest BCUT2D eigenvalue weighted by molar-refractivity contribution is 14.0. The minimum absolute atomic E-state index is 0. The van der Waals surface area contributed by atoms with Crippen LogP contribution in [0.5, 0.6) is 0 Å². The second-order valence-corrected chi connectivity index (χ2v) is 7.10. The molecule has 1 saturated heterocycles. The number of aliphatic imine (C=N–C) groups is 1. The molecule has 21 heavy (non-hydrogen) atoms. The van der Waals surface area contributed by atoms with Gasteiger partial charge in [-0.15, -0.1) is 24.0 Å². The monoisotopic (exact) mass is 423 g/mol. The lowest BCUT2D eigenvalue weighted by atomic mass is 10.1. The van der Waals surface area contributed by atoms with Crippen LogP contribution in [0, 0.1) is 6.92 Å². The number of aromatic nitrogens is 2. The molecule has 1 aromatic rings. The van der Waals surface area contributed by atoms with Gasteiger partial charge >= 0.3 is 0 Å². The maximum atomic E-state index is 4.28. The van der Waals surface area contributed by atoms with Gasteiger partial charge in [0.05, 0.1) is 0 Å². The molecule has 0 saturated carbocycles. The Labute approximate surface area is 148 Å². The average molecular weight is 423 g/mol. The highest BCUT2D eigenvalue weighted by atomic mass is 127. The number of thioether (sulfide) groups is 1. The molecular weight excluding hydrogens is 397 g/mol. The van der Waals surface area contributed by atoms with Gasteiger partial charge in [0.1, 0.15) is 5.82 Å². The zero-order valence-electron chi connectivity index (χ0n) is 13.1. The van der Waals surface area contributed by atoms with Crippen molar-refractivity contribution in [1.82, 2.24) is 20.2 Å². The molecule has 1 atom stereocenters. The van der Waals surface area contributed by atoms with E-state index in [2.05, 4.69) is 43.9 Å². The van der Waals surface area contributed by atoms with Crippen molar-refractivity contribution < 1.29 is 0 Å². The summed E-state index contributed by atoms with van der Waals surface area (Å²) in [6.45, 7) is 7.08. The van der Waals surface area contributed by atoms with Crippen LogP contribution in [0.3, 0.4) is 0 Å². The third kappa shape index (κ3) is 5.69. The lowest BCUT2D eigenvalue weighted by molar-refractivity contribution is 0.580. The fraction of sp³-hybridized carbons (Fsp3) is 0.714. The highest BCUT2D eigenvalue weighted by Gasteiger charge is 2.29. The van der Waals surface area contributed by atoms with Gasteiger partial charge in [-0.2, -0.15) is 11.8 Å². The lowest BCUT2D eigenvalue weighted by Gasteiger charge is -2.24.